The monoisotopic (exact) mass is 378 g/mol. The minimum absolute atomic E-state index is 0.779. The zero-order valence-electron chi connectivity index (χ0n) is 17.2. The first-order valence-electron chi connectivity index (χ1n) is 9.83. The van der Waals surface area contributed by atoms with Crippen molar-refractivity contribution >= 4 is 11.4 Å². The minimum Gasteiger partial charge on any atom is -0.373 e. The van der Waals surface area contributed by atoms with E-state index < -0.39 is 0 Å². The molecule has 0 radical (unpaired) electrons. The topological polar surface area (TPSA) is 49.6 Å². The Morgan fingerprint density at radius 3 is 2.36 bits per heavy atom. The fourth-order valence-electron chi connectivity index (χ4n) is 3.50. The molecule has 1 aliphatic rings. The van der Waals surface area contributed by atoms with Crippen molar-refractivity contribution in [3.63, 3.8) is 0 Å². The van der Waals surface area contributed by atoms with Crippen LogP contribution in [0, 0.1) is 11.3 Å². The number of rotatable bonds is 7. The minimum atomic E-state index is 0.779. The summed E-state index contributed by atoms with van der Waals surface area (Å²) >= 11 is 0. The first kappa shape index (κ1) is 20.1. The van der Waals surface area contributed by atoms with E-state index in [2.05, 4.69) is 76.1 Å². The van der Waals surface area contributed by atoms with Gasteiger partial charge in [0.25, 0.3) is 0 Å². The van der Waals surface area contributed by atoms with Crippen LogP contribution < -0.4 is 9.80 Å². The van der Waals surface area contributed by atoms with Crippen molar-refractivity contribution in [2.45, 2.75) is 6.54 Å². The second kappa shape index (κ2) is 9.54. The first-order chi connectivity index (χ1) is 13.6. The van der Waals surface area contributed by atoms with Crippen molar-refractivity contribution in [1.29, 1.82) is 5.26 Å². The van der Waals surface area contributed by atoms with Crippen molar-refractivity contribution in [2.24, 2.45) is 0 Å². The van der Waals surface area contributed by atoms with Crippen LogP contribution in [0.2, 0.25) is 0 Å². The number of benzene rings is 1. The maximum absolute atomic E-state index is 9.54. The van der Waals surface area contributed by atoms with Gasteiger partial charge in [-0.25, -0.2) is 0 Å². The highest BCUT2D eigenvalue weighted by Crippen LogP contribution is 2.22. The van der Waals surface area contributed by atoms with E-state index in [1.54, 1.807) is 0 Å². The van der Waals surface area contributed by atoms with Crippen LogP contribution in [0.25, 0.3) is 0 Å². The largest absolute Gasteiger partial charge is 0.373 e. The fourth-order valence-corrected chi connectivity index (χ4v) is 3.50. The van der Waals surface area contributed by atoms with E-state index in [1.807, 2.05) is 18.5 Å². The molecular formula is C22H30N6. The Balaban J connectivity index is 1.63. The maximum atomic E-state index is 9.54. The lowest BCUT2D eigenvalue weighted by Gasteiger charge is -2.36. The van der Waals surface area contributed by atoms with Gasteiger partial charge in [0.15, 0.2) is 0 Å². The second-order valence-electron chi connectivity index (χ2n) is 7.65. The summed E-state index contributed by atoms with van der Waals surface area (Å²) in [7, 11) is 6.29. The quantitative estimate of drug-likeness (QED) is 0.737. The van der Waals surface area contributed by atoms with E-state index in [4.69, 9.17) is 0 Å². The maximum Gasteiger partial charge on any atom is 0.0995 e. The summed E-state index contributed by atoms with van der Waals surface area (Å²) in [5.41, 5.74) is 4.30. The van der Waals surface area contributed by atoms with Gasteiger partial charge in [0.2, 0.25) is 0 Å². The molecule has 0 saturated carbocycles. The van der Waals surface area contributed by atoms with Crippen LogP contribution in [-0.2, 0) is 6.54 Å². The Morgan fingerprint density at radius 2 is 1.71 bits per heavy atom. The normalized spacial score (nSPS) is 14.9. The predicted molar refractivity (Wildman–Crippen MR) is 115 cm³/mol. The Hall–Kier alpha value is -2.62. The van der Waals surface area contributed by atoms with E-state index >= 15 is 0 Å². The molecule has 0 aliphatic carbocycles. The van der Waals surface area contributed by atoms with Gasteiger partial charge in [0.05, 0.1) is 11.6 Å². The zero-order chi connectivity index (χ0) is 19.9. The molecule has 1 saturated heterocycles. The molecule has 0 N–H and O–H groups in total. The molecule has 0 unspecified atom stereocenters. The molecule has 2 aromatic rings. The standard InChI is InChI=1S/C22H30N6/c1-25(2)10-11-26(3)22-5-4-19(17-23)20(16-22)18-27-12-14-28(15-13-27)21-6-8-24-9-7-21/h4-9,16H,10-15,18H2,1-3H3. The first-order valence-corrected chi connectivity index (χ1v) is 9.83. The van der Waals surface area contributed by atoms with Crippen molar-refractivity contribution in [2.75, 3.05) is 70.2 Å². The second-order valence-corrected chi connectivity index (χ2v) is 7.65. The van der Waals surface area contributed by atoms with Crippen molar-refractivity contribution in [3.05, 3.63) is 53.9 Å². The number of hydrogen-bond acceptors (Lipinski definition) is 6. The summed E-state index contributed by atoms with van der Waals surface area (Å²) in [6.07, 6.45) is 3.69. The third kappa shape index (κ3) is 5.22. The summed E-state index contributed by atoms with van der Waals surface area (Å²) in [6.45, 7) is 6.76. The number of anilines is 2. The average molecular weight is 379 g/mol. The SMILES string of the molecule is CN(C)CCN(C)c1ccc(C#N)c(CN2CCN(c3ccncc3)CC2)c1. The summed E-state index contributed by atoms with van der Waals surface area (Å²) in [5.74, 6) is 0. The van der Waals surface area contributed by atoms with E-state index in [0.717, 1.165) is 56.9 Å². The molecule has 0 amide bonds. The Kier molecular flexibility index (Phi) is 6.85. The fraction of sp³-hybridized carbons (Fsp3) is 0.455. The molecule has 1 aromatic heterocycles. The van der Waals surface area contributed by atoms with E-state index in [9.17, 15) is 5.26 Å². The Labute approximate surface area is 168 Å². The van der Waals surface area contributed by atoms with Gasteiger partial charge in [-0.15, -0.1) is 0 Å². The molecule has 6 heteroatoms. The van der Waals surface area contributed by atoms with Crippen molar-refractivity contribution < 1.29 is 0 Å². The average Bonchev–Trinajstić information content (AvgIpc) is 2.73. The summed E-state index contributed by atoms with van der Waals surface area (Å²) in [4.78, 5) is 13.4. The summed E-state index contributed by atoms with van der Waals surface area (Å²) < 4.78 is 0. The number of piperazine rings is 1. The van der Waals surface area contributed by atoms with Gasteiger partial charge in [-0.05, 0) is 50.0 Å². The van der Waals surface area contributed by atoms with Crippen LogP contribution in [0.3, 0.4) is 0 Å². The lowest BCUT2D eigenvalue weighted by molar-refractivity contribution is 0.249. The van der Waals surface area contributed by atoms with Crippen LogP contribution >= 0.6 is 0 Å². The highest BCUT2D eigenvalue weighted by Gasteiger charge is 2.18. The van der Waals surface area contributed by atoms with E-state index in [0.29, 0.717) is 0 Å². The molecular weight excluding hydrogens is 348 g/mol. The highest BCUT2D eigenvalue weighted by atomic mass is 15.3. The van der Waals surface area contributed by atoms with Crippen LogP contribution in [0.15, 0.2) is 42.7 Å². The molecule has 28 heavy (non-hydrogen) atoms. The molecule has 2 heterocycles. The molecule has 6 nitrogen and oxygen atoms in total. The van der Waals surface area contributed by atoms with E-state index in [1.165, 1.54) is 11.4 Å². The van der Waals surface area contributed by atoms with Crippen LogP contribution in [0.4, 0.5) is 11.4 Å². The molecule has 148 valence electrons. The Bertz CT molecular complexity index is 790. The zero-order valence-corrected chi connectivity index (χ0v) is 17.2. The van der Waals surface area contributed by atoms with Gasteiger partial charge >= 0.3 is 0 Å². The van der Waals surface area contributed by atoms with Gasteiger partial charge < -0.3 is 14.7 Å². The smallest absolute Gasteiger partial charge is 0.0995 e. The molecule has 0 spiro atoms. The number of aromatic nitrogens is 1. The molecule has 0 bridgehead atoms. The molecule has 1 aliphatic heterocycles. The van der Waals surface area contributed by atoms with Crippen molar-refractivity contribution in [1.82, 2.24) is 14.8 Å². The van der Waals surface area contributed by atoms with Crippen LogP contribution in [0.5, 0.6) is 0 Å². The lowest BCUT2D eigenvalue weighted by atomic mass is 10.1. The number of likely N-dealkylation sites (N-methyl/N-ethyl adjacent to an activating group) is 2. The predicted octanol–water partition coefficient (Wildman–Crippen LogP) is 2.27. The molecule has 0 atom stereocenters. The number of pyridine rings is 1. The van der Waals surface area contributed by atoms with Gasteiger partial charge in [-0.1, -0.05) is 0 Å². The van der Waals surface area contributed by atoms with Crippen molar-refractivity contribution in [3.8, 4) is 6.07 Å². The van der Waals surface area contributed by atoms with Crippen LogP contribution in [0.1, 0.15) is 11.1 Å². The van der Waals surface area contributed by atoms with Gasteiger partial charge in [0, 0.05) is 76.6 Å². The Morgan fingerprint density at radius 1 is 1.00 bits per heavy atom. The molecule has 1 fully saturated rings. The third-order valence-electron chi connectivity index (χ3n) is 5.33. The number of nitriles is 1. The third-order valence-corrected chi connectivity index (χ3v) is 5.33. The highest BCUT2D eigenvalue weighted by molar-refractivity contribution is 5.53. The number of nitrogens with zero attached hydrogens (tertiary/aromatic N) is 6. The molecule has 1 aromatic carbocycles. The van der Waals surface area contributed by atoms with E-state index in [-0.39, 0.29) is 0 Å². The van der Waals surface area contributed by atoms with Gasteiger partial charge in [-0.3, -0.25) is 9.88 Å². The summed E-state index contributed by atoms with van der Waals surface area (Å²) in [5, 5.41) is 9.54. The van der Waals surface area contributed by atoms with Gasteiger partial charge in [0.1, 0.15) is 0 Å². The van der Waals surface area contributed by atoms with Gasteiger partial charge in [-0.2, -0.15) is 5.26 Å². The van der Waals surface area contributed by atoms with Crippen LogP contribution in [-0.4, -0.2) is 75.2 Å². The summed E-state index contributed by atoms with van der Waals surface area (Å²) in [6, 6.07) is 12.7. The lowest BCUT2D eigenvalue weighted by Crippen LogP contribution is -2.46. The number of hydrogen-bond donors (Lipinski definition) is 0. The molecule has 3 rings (SSSR count).